The van der Waals surface area contributed by atoms with E-state index in [4.69, 9.17) is 19.9 Å². The highest BCUT2D eigenvalue weighted by atomic mass is 15.0. The number of fused-ring (bicyclic) bond motifs is 1. The molecular weight excluding hydrogens is 637 g/mol. The van der Waals surface area contributed by atoms with Crippen molar-refractivity contribution in [2.45, 2.75) is 0 Å². The molecule has 0 bridgehead atoms. The smallest absolute Gasteiger partial charge is 0.164 e. The molecule has 5 aromatic carbocycles. The van der Waals surface area contributed by atoms with Gasteiger partial charge in [0.25, 0.3) is 0 Å². The predicted molar refractivity (Wildman–Crippen MR) is 209 cm³/mol. The molecular formula is C46H30N6. The Morgan fingerprint density at radius 1 is 0.269 bits per heavy atom. The summed E-state index contributed by atoms with van der Waals surface area (Å²) in [5.41, 5.74) is 10.4. The second-order valence-corrected chi connectivity index (χ2v) is 12.4. The molecule has 0 atom stereocenters. The molecule has 9 rings (SSSR count). The molecule has 52 heavy (non-hydrogen) atoms. The zero-order valence-corrected chi connectivity index (χ0v) is 28.0. The van der Waals surface area contributed by atoms with Crippen LogP contribution in [0, 0.1) is 0 Å². The summed E-state index contributed by atoms with van der Waals surface area (Å²) < 4.78 is 0. The third-order valence-corrected chi connectivity index (χ3v) is 9.07. The summed E-state index contributed by atoms with van der Waals surface area (Å²) in [5, 5.41) is 2.30. The van der Waals surface area contributed by atoms with E-state index in [2.05, 4.69) is 82.8 Å². The number of hydrogen-bond donors (Lipinski definition) is 0. The maximum absolute atomic E-state index is 4.98. The van der Waals surface area contributed by atoms with Gasteiger partial charge in [0, 0.05) is 29.1 Å². The lowest BCUT2D eigenvalue weighted by Gasteiger charge is -2.14. The van der Waals surface area contributed by atoms with Crippen LogP contribution in [0.15, 0.2) is 182 Å². The minimum Gasteiger partial charge on any atom is -0.255 e. The normalized spacial score (nSPS) is 11.1. The lowest BCUT2D eigenvalue weighted by molar-refractivity contribution is 1.07. The van der Waals surface area contributed by atoms with Gasteiger partial charge in [-0.25, -0.2) is 19.9 Å². The summed E-state index contributed by atoms with van der Waals surface area (Å²) >= 11 is 0. The van der Waals surface area contributed by atoms with Gasteiger partial charge in [0.1, 0.15) is 0 Å². The maximum Gasteiger partial charge on any atom is 0.164 e. The Morgan fingerprint density at radius 3 is 1.15 bits per heavy atom. The van der Waals surface area contributed by atoms with Crippen LogP contribution in [0.2, 0.25) is 0 Å². The minimum absolute atomic E-state index is 0.629. The van der Waals surface area contributed by atoms with Crippen molar-refractivity contribution < 1.29 is 0 Å². The molecule has 0 amide bonds. The molecule has 4 heterocycles. The molecule has 9 aromatic rings. The van der Waals surface area contributed by atoms with Crippen molar-refractivity contribution in [2.75, 3.05) is 0 Å². The van der Waals surface area contributed by atoms with Crippen molar-refractivity contribution >= 4 is 10.8 Å². The topological polar surface area (TPSA) is 77.3 Å². The Bertz CT molecular complexity index is 2530. The van der Waals surface area contributed by atoms with E-state index < -0.39 is 0 Å². The zero-order chi connectivity index (χ0) is 34.7. The number of pyridine rings is 3. The van der Waals surface area contributed by atoms with Crippen LogP contribution in [0.1, 0.15) is 0 Å². The van der Waals surface area contributed by atoms with Crippen LogP contribution in [-0.2, 0) is 0 Å². The van der Waals surface area contributed by atoms with Crippen LogP contribution >= 0.6 is 0 Å². The Morgan fingerprint density at radius 2 is 0.692 bits per heavy atom. The number of aromatic nitrogens is 6. The fourth-order valence-corrected chi connectivity index (χ4v) is 6.53. The summed E-state index contributed by atoms with van der Waals surface area (Å²) in [6, 6.07) is 57.5. The summed E-state index contributed by atoms with van der Waals surface area (Å²) in [5.74, 6) is 1.91. The SMILES string of the molecule is c1ccc(-c2nc(-c3ccccc3)nc(-c3ccc(-c4cccc5c(-c6cc(-c7ccccn7)nc(-c7ccccn7)c6)cccc45)cc3)n2)cc1. The minimum atomic E-state index is 0.629. The Hall–Kier alpha value is -7.18. The predicted octanol–water partition coefficient (Wildman–Crippen LogP) is 10.9. The molecule has 0 spiro atoms. The zero-order valence-electron chi connectivity index (χ0n) is 28.0. The average molecular weight is 667 g/mol. The summed E-state index contributed by atoms with van der Waals surface area (Å²) in [6.45, 7) is 0. The fraction of sp³-hybridized carbons (Fsp3) is 0. The molecule has 0 aliphatic carbocycles. The first-order valence-corrected chi connectivity index (χ1v) is 17.1. The molecule has 0 radical (unpaired) electrons. The van der Waals surface area contributed by atoms with Crippen molar-refractivity contribution in [2.24, 2.45) is 0 Å². The van der Waals surface area contributed by atoms with Gasteiger partial charge in [-0.05, 0) is 69.4 Å². The number of benzene rings is 5. The van der Waals surface area contributed by atoms with E-state index in [1.807, 2.05) is 97.1 Å². The molecule has 0 fully saturated rings. The van der Waals surface area contributed by atoms with Gasteiger partial charge in [0.2, 0.25) is 0 Å². The number of rotatable bonds is 7. The van der Waals surface area contributed by atoms with Crippen LogP contribution in [0.5, 0.6) is 0 Å². The second-order valence-electron chi connectivity index (χ2n) is 12.4. The molecule has 0 saturated carbocycles. The molecule has 4 aromatic heterocycles. The van der Waals surface area contributed by atoms with Gasteiger partial charge in [0.15, 0.2) is 17.5 Å². The van der Waals surface area contributed by atoms with Crippen LogP contribution in [0.4, 0.5) is 0 Å². The summed E-state index contributed by atoms with van der Waals surface area (Å²) in [6.07, 6.45) is 3.59. The average Bonchev–Trinajstić information content (AvgIpc) is 3.24. The van der Waals surface area contributed by atoms with Crippen molar-refractivity contribution in [1.82, 2.24) is 29.9 Å². The van der Waals surface area contributed by atoms with E-state index in [0.717, 1.165) is 72.5 Å². The molecule has 6 nitrogen and oxygen atoms in total. The highest BCUT2D eigenvalue weighted by Crippen LogP contribution is 2.37. The van der Waals surface area contributed by atoms with E-state index in [1.54, 1.807) is 12.4 Å². The summed E-state index contributed by atoms with van der Waals surface area (Å²) in [4.78, 5) is 28.9. The molecule has 0 aliphatic heterocycles. The highest BCUT2D eigenvalue weighted by molar-refractivity contribution is 6.05. The van der Waals surface area contributed by atoms with Gasteiger partial charge < -0.3 is 0 Å². The quantitative estimate of drug-likeness (QED) is 0.168. The van der Waals surface area contributed by atoms with E-state index >= 15 is 0 Å². The second kappa shape index (κ2) is 13.6. The first-order valence-electron chi connectivity index (χ1n) is 17.1. The number of hydrogen-bond acceptors (Lipinski definition) is 6. The van der Waals surface area contributed by atoms with Crippen LogP contribution < -0.4 is 0 Å². The number of nitrogens with zero attached hydrogens (tertiary/aromatic N) is 6. The standard InChI is InChI=1S/C46H30N6/c1-3-13-32(14-4-1)44-50-45(33-15-5-2-6-16-33)52-46(51-44)34-25-23-31(24-26-34)36-17-11-20-39-37(18-12-19-38(36)39)35-29-42(40-21-7-9-27-47-40)49-43(30-35)41-22-8-10-28-48-41/h1-30H. The first kappa shape index (κ1) is 30.8. The van der Waals surface area contributed by atoms with Crippen molar-refractivity contribution in [1.29, 1.82) is 0 Å². The van der Waals surface area contributed by atoms with Gasteiger partial charge in [-0.15, -0.1) is 0 Å². The Balaban J connectivity index is 1.12. The van der Waals surface area contributed by atoms with E-state index in [9.17, 15) is 0 Å². The Kier molecular flexibility index (Phi) is 8.08. The largest absolute Gasteiger partial charge is 0.255 e. The van der Waals surface area contributed by atoms with E-state index in [-0.39, 0.29) is 0 Å². The molecule has 0 N–H and O–H groups in total. The molecule has 244 valence electrons. The molecule has 0 aliphatic rings. The van der Waals surface area contributed by atoms with Gasteiger partial charge >= 0.3 is 0 Å². The first-order chi connectivity index (χ1) is 25.8. The van der Waals surface area contributed by atoms with Crippen molar-refractivity contribution in [3.8, 4) is 79.2 Å². The molecule has 0 saturated heterocycles. The van der Waals surface area contributed by atoms with Gasteiger partial charge in [-0.2, -0.15) is 0 Å². The fourth-order valence-electron chi connectivity index (χ4n) is 6.53. The highest BCUT2D eigenvalue weighted by Gasteiger charge is 2.15. The van der Waals surface area contributed by atoms with Gasteiger partial charge in [-0.3, -0.25) is 9.97 Å². The lowest BCUT2D eigenvalue weighted by Crippen LogP contribution is -2.00. The lowest BCUT2D eigenvalue weighted by atomic mass is 9.92. The summed E-state index contributed by atoms with van der Waals surface area (Å²) in [7, 11) is 0. The van der Waals surface area contributed by atoms with E-state index in [1.165, 1.54) is 0 Å². The van der Waals surface area contributed by atoms with Gasteiger partial charge in [0.05, 0.1) is 22.8 Å². The molecule has 6 heteroatoms. The molecule has 0 unspecified atom stereocenters. The van der Waals surface area contributed by atoms with Crippen LogP contribution in [-0.4, -0.2) is 29.9 Å². The maximum atomic E-state index is 4.98. The van der Waals surface area contributed by atoms with Crippen LogP contribution in [0.3, 0.4) is 0 Å². The van der Waals surface area contributed by atoms with Gasteiger partial charge in [-0.1, -0.05) is 133 Å². The Labute approximate surface area is 301 Å². The third kappa shape index (κ3) is 6.10. The van der Waals surface area contributed by atoms with Crippen molar-refractivity contribution in [3.05, 3.63) is 182 Å². The van der Waals surface area contributed by atoms with Crippen molar-refractivity contribution in [3.63, 3.8) is 0 Å². The monoisotopic (exact) mass is 666 g/mol. The van der Waals surface area contributed by atoms with Crippen LogP contribution in [0.25, 0.3) is 90.0 Å². The van der Waals surface area contributed by atoms with E-state index in [0.29, 0.717) is 17.5 Å². The third-order valence-electron chi connectivity index (χ3n) is 9.07.